The molecule has 0 aliphatic carbocycles. The quantitative estimate of drug-likeness (QED) is 0.216. The van der Waals surface area contributed by atoms with Crippen molar-refractivity contribution in [1.82, 2.24) is 14.7 Å². The van der Waals surface area contributed by atoms with Crippen molar-refractivity contribution in [3.8, 4) is 0 Å². The first kappa shape index (κ1) is 25.3. The summed E-state index contributed by atoms with van der Waals surface area (Å²) in [7, 11) is 0. The van der Waals surface area contributed by atoms with Crippen molar-refractivity contribution in [1.29, 1.82) is 5.53 Å². The maximum Gasteiger partial charge on any atom is 0.255 e. The molecule has 2 heterocycles. The summed E-state index contributed by atoms with van der Waals surface area (Å²) in [6.45, 7) is 1.49. The van der Waals surface area contributed by atoms with Crippen molar-refractivity contribution >= 4 is 34.7 Å². The zero-order chi connectivity index (χ0) is 24.2. The molecule has 8 nitrogen and oxygen atoms in total. The van der Waals surface area contributed by atoms with E-state index in [1.165, 1.54) is 4.90 Å². The molecule has 0 unspecified atom stereocenters. The minimum absolute atomic E-state index is 0.182. The van der Waals surface area contributed by atoms with E-state index >= 15 is 0 Å². The van der Waals surface area contributed by atoms with E-state index in [0.717, 1.165) is 15.3 Å². The highest BCUT2D eigenvalue weighted by Gasteiger charge is 2.28. The molecule has 0 aliphatic heterocycles. The van der Waals surface area contributed by atoms with Gasteiger partial charge in [-0.25, -0.2) is 0 Å². The van der Waals surface area contributed by atoms with Crippen molar-refractivity contribution in [3.63, 3.8) is 0 Å². The minimum atomic E-state index is -1.22. The van der Waals surface area contributed by atoms with E-state index in [-0.39, 0.29) is 12.5 Å². The Hall–Kier alpha value is -3.33. The van der Waals surface area contributed by atoms with Crippen LogP contribution in [0.25, 0.3) is 0 Å². The van der Waals surface area contributed by atoms with Gasteiger partial charge >= 0.3 is 0 Å². The highest BCUT2D eigenvalue weighted by Crippen LogP contribution is 2.20. The van der Waals surface area contributed by atoms with E-state index in [0.29, 0.717) is 38.9 Å². The summed E-state index contributed by atoms with van der Waals surface area (Å²) >= 11 is 3.17. The van der Waals surface area contributed by atoms with Crippen molar-refractivity contribution in [3.05, 3.63) is 80.7 Å². The number of carbonyl (C=O) groups is 2. The van der Waals surface area contributed by atoms with Crippen LogP contribution in [0.3, 0.4) is 0 Å². The summed E-state index contributed by atoms with van der Waals surface area (Å²) in [5, 5.41) is 19.4. The molecule has 2 amide bonds. The molecular weight excluding hydrogens is 470 g/mol. The Bertz CT molecular complexity index is 1030. The van der Waals surface area contributed by atoms with Crippen molar-refractivity contribution in [2.24, 2.45) is 5.11 Å². The largest absolute Gasteiger partial charge is 0.530 e. The van der Waals surface area contributed by atoms with E-state index in [1.54, 1.807) is 27.6 Å². The second kappa shape index (κ2) is 13.4. The predicted octanol–water partition coefficient (Wildman–Crippen LogP) is 4.27. The second-order valence-corrected chi connectivity index (χ2v) is 9.82. The number of unbranched alkanes of at least 4 members (excludes halogenated alkanes) is 1. The number of thiophene rings is 2. The average molecular weight is 498 g/mol. The van der Waals surface area contributed by atoms with Gasteiger partial charge in [0.1, 0.15) is 16.7 Å². The van der Waals surface area contributed by atoms with E-state index in [9.17, 15) is 14.7 Å². The van der Waals surface area contributed by atoms with Gasteiger partial charge < -0.3 is 19.7 Å². The number of benzene rings is 1. The maximum absolute atomic E-state index is 13.3. The van der Waals surface area contributed by atoms with Crippen molar-refractivity contribution in [2.75, 3.05) is 6.54 Å². The lowest BCUT2D eigenvalue weighted by Gasteiger charge is -2.25. The van der Waals surface area contributed by atoms with Gasteiger partial charge in [0.05, 0.1) is 13.1 Å². The van der Waals surface area contributed by atoms with Gasteiger partial charge in [-0.05, 0) is 47.7 Å². The van der Waals surface area contributed by atoms with Gasteiger partial charge in [-0.1, -0.05) is 42.5 Å². The third kappa shape index (κ3) is 7.91. The van der Waals surface area contributed by atoms with E-state index in [1.807, 2.05) is 65.4 Å². The molecule has 0 saturated carbocycles. The smallest absolute Gasteiger partial charge is 0.255 e. The normalized spacial score (nSPS) is 11.4. The Kier molecular flexibility index (Phi) is 9.97. The lowest BCUT2D eigenvalue weighted by molar-refractivity contribution is -0.266. The fraction of sp³-hybridized carbons (Fsp3) is 0.333. The SMILES string of the molecule is N=[N+]=N[C@H](CCCCN(Cc1ccccc1)C(=O)[O-])C(=O)N(Cc1cccs1)Cc1cccs1. The zero-order valence-electron chi connectivity index (χ0n) is 18.7. The molecule has 1 N–H and O–H groups in total. The summed E-state index contributed by atoms with van der Waals surface area (Å²) in [5.41, 5.74) is 8.08. The lowest BCUT2D eigenvalue weighted by atomic mass is 10.1. The first-order chi connectivity index (χ1) is 16.6. The molecule has 10 heteroatoms. The van der Waals surface area contributed by atoms with Gasteiger partial charge in [-0.2, -0.15) is 0 Å². The van der Waals surface area contributed by atoms with Crippen LogP contribution in [-0.2, 0) is 24.4 Å². The monoisotopic (exact) mass is 497 g/mol. The number of hydrogen-bond acceptors (Lipinski definition) is 7. The van der Waals surface area contributed by atoms with Crippen molar-refractivity contribution in [2.45, 2.75) is 44.9 Å². The number of nitrogens with one attached hydrogen (secondary N) is 1. The lowest BCUT2D eigenvalue weighted by Crippen LogP contribution is -2.41. The molecule has 0 aliphatic rings. The minimum Gasteiger partial charge on any atom is -0.530 e. The number of rotatable bonds is 13. The zero-order valence-corrected chi connectivity index (χ0v) is 20.3. The third-order valence-electron chi connectivity index (χ3n) is 5.28. The van der Waals surface area contributed by atoms with Crippen LogP contribution in [0.15, 0.2) is 70.5 Å². The molecule has 0 spiro atoms. The predicted molar refractivity (Wildman–Crippen MR) is 130 cm³/mol. The number of nitrogens with zero attached hydrogens (tertiary/aromatic N) is 4. The van der Waals surface area contributed by atoms with Gasteiger partial charge in [-0.3, -0.25) is 4.79 Å². The number of carbonyl (C=O) groups excluding carboxylic acids is 2. The van der Waals surface area contributed by atoms with E-state index < -0.39 is 12.1 Å². The number of amides is 2. The summed E-state index contributed by atoms with van der Waals surface area (Å²) < 4.78 is 0. The average Bonchev–Trinajstić information content (AvgIpc) is 3.54. The highest BCUT2D eigenvalue weighted by atomic mass is 32.1. The number of hydrogen-bond donors (Lipinski definition) is 1. The molecule has 178 valence electrons. The van der Waals surface area contributed by atoms with Crippen LogP contribution in [0.4, 0.5) is 4.79 Å². The molecule has 34 heavy (non-hydrogen) atoms. The van der Waals surface area contributed by atoms with Crippen LogP contribution in [0.1, 0.15) is 34.6 Å². The molecule has 1 atom stereocenters. The van der Waals surface area contributed by atoms with Crippen LogP contribution >= 0.6 is 22.7 Å². The summed E-state index contributed by atoms with van der Waals surface area (Å²) in [5.74, 6) is -0.182. The fourth-order valence-electron chi connectivity index (χ4n) is 3.58. The van der Waals surface area contributed by atoms with Gasteiger partial charge in [0.25, 0.3) is 5.91 Å². The molecular formula is C24H27N5O3S2. The van der Waals surface area contributed by atoms with E-state index in [2.05, 4.69) is 10.0 Å². The fourth-order valence-corrected chi connectivity index (χ4v) is 5.02. The summed E-state index contributed by atoms with van der Waals surface area (Å²) in [4.78, 5) is 33.2. The Morgan fingerprint density at radius 1 is 0.912 bits per heavy atom. The van der Waals surface area contributed by atoms with Gasteiger partial charge in [-0.15, -0.1) is 22.7 Å². The highest BCUT2D eigenvalue weighted by molar-refractivity contribution is 7.10. The standard InChI is InChI=1S/C24H27N5O3S2/c25-27-26-22(12-4-5-13-28(24(31)32)16-19-8-2-1-3-9-19)23(30)29(17-20-10-6-14-33-20)18-21-11-7-15-34-21/h1-3,6-11,14-15,22,25H,4-5,12-13,16-18H2/t22-/m1/s1. The Morgan fingerprint density at radius 3 is 2.09 bits per heavy atom. The Morgan fingerprint density at radius 2 is 1.56 bits per heavy atom. The summed E-state index contributed by atoms with van der Waals surface area (Å²) in [6.07, 6.45) is 0.285. The molecule has 0 radical (unpaired) electrons. The maximum atomic E-state index is 13.3. The Balaban J connectivity index is 1.58. The summed E-state index contributed by atoms with van der Waals surface area (Å²) in [6, 6.07) is 16.5. The van der Waals surface area contributed by atoms with E-state index in [4.69, 9.17) is 5.53 Å². The molecule has 2 aromatic heterocycles. The van der Waals surface area contributed by atoms with Gasteiger partial charge in [0.15, 0.2) is 0 Å². The molecule has 0 saturated heterocycles. The van der Waals surface area contributed by atoms with Crippen LogP contribution in [0, 0.1) is 5.53 Å². The van der Waals surface area contributed by atoms with Crippen molar-refractivity contribution < 1.29 is 14.7 Å². The molecule has 1 aromatic carbocycles. The van der Waals surface area contributed by atoms with Crippen LogP contribution in [0.5, 0.6) is 0 Å². The molecule has 0 bridgehead atoms. The first-order valence-corrected chi connectivity index (χ1v) is 12.7. The number of carboxylic acid groups (broad SMARTS) is 1. The van der Waals surface area contributed by atoms with Crippen LogP contribution in [0.2, 0.25) is 0 Å². The molecule has 0 fully saturated rings. The van der Waals surface area contributed by atoms with Crippen LogP contribution in [-0.4, -0.2) is 34.4 Å². The third-order valence-corrected chi connectivity index (χ3v) is 7.00. The second-order valence-electron chi connectivity index (χ2n) is 7.75. The van der Waals surface area contributed by atoms with Crippen LogP contribution < -0.4 is 10.0 Å². The van der Waals surface area contributed by atoms with Gasteiger partial charge in [0, 0.05) is 22.8 Å². The molecule has 3 rings (SSSR count). The topological polar surface area (TPSA) is 114 Å². The Labute approximate surface area is 206 Å². The first-order valence-electron chi connectivity index (χ1n) is 11.0. The molecule has 3 aromatic rings. The van der Waals surface area contributed by atoms with Gasteiger partial charge in [0.2, 0.25) is 11.0 Å².